The smallest absolute Gasteiger partial charge is 0.289 e. The summed E-state index contributed by atoms with van der Waals surface area (Å²) in [4.78, 5) is 30.8. The highest BCUT2D eigenvalue weighted by Gasteiger charge is 2.14. The van der Waals surface area contributed by atoms with Gasteiger partial charge in [0.2, 0.25) is 5.91 Å². The second kappa shape index (κ2) is 7.45. The van der Waals surface area contributed by atoms with Gasteiger partial charge in [0, 0.05) is 17.1 Å². The first-order valence-corrected chi connectivity index (χ1v) is 8.47. The first kappa shape index (κ1) is 17.1. The molecule has 0 saturated carbocycles. The summed E-state index contributed by atoms with van der Waals surface area (Å²) in [5, 5.41) is 15.1. The normalized spacial score (nSPS) is 10.6. The Bertz CT molecular complexity index is 962. The lowest BCUT2D eigenvalue weighted by molar-refractivity contribution is -0.384. The second-order valence-electron chi connectivity index (χ2n) is 4.96. The molecule has 0 fully saturated rings. The summed E-state index contributed by atoms with van der Waals surface area (Å²) >= 11 is 7.02. The second-order valence-corrected chi connectivity index (χ2v) is 6.33. The molecule has 0 atom stereocenters. The van der Waals surface area contributed by atoms with E-state index in [1.165, 1.54) is 36.3 Å². The number of anilines is 1. The molecule has 25 heavy (non-hydrogen) atoms. The molecule has 0 bridgehead atoms. The van der Waals surface area contributed by atoms with Gasteiger partial charge in [-0.15, -0.1) is 0 Å². The molecular formula is C16H11ClN4O3S. The van der Waals surface area contributed by atoms with E-state index in [2.05, 4.69) is 15.3 Å². The maximum absolute atomic E-state index is 12.1. The molecule has 0 saturated heterocycles. The lowest BCUT2D eigenvalue weighted by Crippen LogP contribution is -2.14. The van der Waals surface area contributed by atoms with E-state index in [1.54, 1.807) is 0 Å². The summed E-state index contributed by atoms with van der Waals surface area (Å²) < 4.78 is 0. The number of benzene rings is 2. The van der Waals surface area contributed by atoms with Crippen LogP contribution in [0.5, 0.6) is 0 Å². The zero-order valence-electron chi connectivity index (χ0n) is 12.7. The molecule has 0 spiro atoms. The van der Waals surface area contributed by atoms with Crippen molar-refractivity contribution < 1.29 is 9.72 Å². The largest absolute Gasteiger partial charge is 0.325 e. The Morgan fingerprint density at radius 2 is 2.04 bits per heavy atom. The van der Waals surface area contributed by atoms with Crippen LogP contribution in [0.2, 0.25) is 5.02 Å². The van der Waals surface area contributed by atoms with Gasteiger partial charge >= 0.3 is 0 Å². The van der Waals surface area contributed by atoms with Crippen molar-refractivity contribution in [2.45, 2.75) is 5.03 Å². The lowest BCUT2D eigenvalue weighted by Gasteiger charge is -2.07. The fourth-order valence-corrected chi connectivity index (χ4v) is 3.13. The average Bonchev–Trinajstić information content (AvgIpc) is 2.61. The highest BCUT2D eigenvalue weighted by molar-refractivity contribution is 8.00. The number of hydrogen-bond acceptors (Lipinski definition) is 6. The summed E-state index contributed by atoms with van der Waals surface area (Å²) in [5.41, 5.74) is 0.858. The first-order valence-electron chi connectivity index (χ1n) is 7.11. The summed E-state index contributed by atoms with van der Waals surface area (Å²) in [6, 6.07) is 11.6. The third-order valence-electron chi connectivity index (χ3n) is 3.27. The van der Waals surface area contributed by atoms with E-state index in [-0.39, 0.29) is 22.4 Å². The molecule has 0 aliphatic heterocycles. The van der Waals surface area contributed by atoms with Crippen LogP contribution in [0, 0.1) is 10.1 Å². The number of carbonyl (C=O) groups excluding carboxylic acids is 1. The standard InChI is InChI=1S/C16H11ClN4O3S/c17-12-6-5-10(7-14(12)21(23)24)20-15(22)8-25-16-11-3-1-2-4-13(11)18-9-19-16/h1-7,9H,8H2,(H,20,22). The number of carbonyl (C=O) groups is 1. The van der Waals surface area contributed by atoms with Gasteiger partial charge < -0.3 is 5.32 Å². The third-order valence-corrected chi connectivity index (χ3v) is 4.60. The molecule has 3 aromatic rings. The van der Waals surface area contributed by atoms with Gasteiger partial charge in [0.1, 0.15) is 16.4 Å². The van der Waals surface area contributed by atoms with E-state index >= 15 is 0 Å². The zero-order valence-corrected chi connectivity index (χ0v) is 14.3. The molecule has 126 valence electrons. The van der Waals surface area contributed by atoms with Gasteiger partial charge in [-0.25, -0.2) is 9.97 Å². The van der Waals surface area contributed by atoms with Crippen LogP contribution < -0.4 is 5.32 Å². The number of rotatable bonds is 5. The van der Waals surface area contributed by atoms with Crippen LogP contribution in [0.3, 0.4) is 0 Å². The molecule has 1 aromatic heterocycles. The van der Waals surface area contributed by atoms with Crippen molar-refractivity contribution in [3.05, 3.63) is 63.9 Å². The van der Waals surface area contributed by atoms with Crippen LogP contribution in [-0.4, -0.2) is 26.6 Å². The molecule has 1 heterocycles. The van der Waals surface area contributed by atoms with Crippen molar-refractivity contribution in [3.63, 3.8) is 0 Å². The number of thioether (sulfide) groups is 1. The monoisotopic (exact) mass is 374 g/mol. The predicted octanol–water partition coefficient (Wildman–Crippen LogP) is 3.92. The Labute approximate surface area is 151 Å². The van der Waals surface area contributed by atoms with Crippen molar-refractivity contribution in [3.8, 4) is 0 Å². The molecular weight excluding hydrogens is 364 g/mol. The number of fused-ring (bicyclic) bond motifs is 1. The minimum atomic E-state index is -0.597. The van der Waals surface area contributed by atoms with Gasteiger partial charge in [-0.1, -0.05) is 41.6 Å². The summed E-state index contributed by atoms with van der Waals surface area (Å²) in [6.45, 7) is 0. The minimum absolute atomic E-state index is 0.0184. The van der Waals surface area contributed by atoms with E-state index < -0.39 is 4.92 Å². The van der Waals surface area contributed by atoms with E-state index in [4.69, 9.17) is 11.6 Å². The number of amides is 1. The molecule has 9 heteroatoms. The number of halogens is 1. The molecule has 1 N–H and O–H groups in total. The van der Waals surface area contributed by atoms with Gasteiger partial charge in [-0.2, -0.15) is 0 Å². The van der Waals surface area contributed by atoms with Crippen molar-refractivity contribution in [1.29, 1.82) is 0 Å². The topological polar surface area (TPSA) is 98.0 Å². The molecule has 7 nitrogen and oxygen atoms in total. The summed E-state index contributed by atoms with van der Waals surface area (Å²) in [7, 11) is 0. The predicted molar refractivity (Wildman–Crippen MR) is 97.0 cm³/mol. The Hall–Kier alpha value is -2.71. The molecule has 0 radical (unpaired) electrons. The first-order chi connectivity index (χ1) is 12.0. The van der Waals surface area contributed by atoms with E-state index in [9.17, 15) is 14.9 Å². The highest BCUT2D eigenvalue weighted by atomic mass is 35.5. The molecule has 2 aromatic carbocycles. The maximum Gasteiger partial charge on any atom is 0.289 e. The van der Waals surface area contributed by atoms with Crippen molar-refractivity contribution in [2.75, 3.05) is 11.1 Å². The van der Waals surface area contributed by atoms with Crippen LogP contribution in [-0.2, 0) is 4.79 Å². The Kier molecular flexibility index (Phi) is 5.11. The van der Waals surface area contributed by atoms with Gasteiger partial charge in [-0.3, -0.25) is 14.9 Å². The van der Waals surface area contributed by atoms with E-state index in [0.717, 1.165) is 10.9 Å². The van der Waals surface area contributed by atoms with Crippen molar-refractivity contribution in [1.82, 2.24) is 9.97 Å². The number of nitro benzene ring substituents is 1. The lowest BCUT2D eigenvalue weighted by atomic mass is 10.2. The quantitative estimate of drug-likeness (QED) is 0.314. The van der Waals surface area contributed by atoms with Gasteiger partial charge in [0.05, 0.1) is 16.2 Å². The van der Waals surface area contributed by atoms with Gasteiger partial charge in [0.15, 0.2) is 0 Å². The zero-order chi connectivity index (χ0) is 17.8. The molecule has 0 aliphatic rings. The van der Waals surface area contributed by atoms with Crippen molar-refractivity contribution in [2.24, 2.45) is 0 Å². The fourth-order valence-electron chi connectivity index (χ4n) is 2.16. The Morgan fingerprint density at radius 1 is 1.24 bits per heavy atom. The molecule has 0 unspecified atom stereocenters. The fraction of sp³-hybridized carbons (Fsp3) is 0.0625. The third kappa shape index (κ3) is 4.04. The number of nitrogens with one attached hydrogen (secondary N) is 1. The van der Waals surface area contributed by atoms with Gasteiger partial charge in [-0.05, 0) is 18.2 Å². The van der Waals surface area contributed by atoms with Crippen molar-refractivity contribution >= 4 is 51.5 Å². The maximum atomic E-state index is 12.1. The number of hydrogen-bond donors (Lipinski definition) is 1. The number of nitro groups is 1. The van der Waals surface area contributed by atoms with E-state index in [1.807, 2.05) is 24.3 Å². The Balaban J connectivity index is 1.69. The molecule has 3 rings (SSSR count). The van der Waals surface area contributed by atoms with Crippen LogP contribution in [0.1, 0.15) is 0 Å². The van der Waals surface area contributed by atoms with Crippen LogP contribution >= 0.6 is 23.4 Å². The van der Waals surface area contributed by atoms with Crippen LogP contribution in [0.4, 0.5) is 11.4 Å². The number of nitrogens with zero attached hydrogens (tertiary/aromatic N) is 3. The highest BCUT2D eigenvalue weighted by Crippen LogP contribution is 2.28. The molecule has 0 aliphatic carbocycles. The number of aromatic nitrogens is 2. The van der Waals surface area contributed by atoms with E-state index in [0.29, 0.717) is 10.7 Å². The SMILES string of the molecule is O=C(CSc1ncnc2ccccc12)Nc1ccc(Cl)c([N+](=O)[O-])c1. The number of para-hydroxylation sites is 1. The molecule has 1 amide bonds. The average molecular weight is 375 g/mol. The van der Waals surface area contributed by atoms with Gasteiger partial charge in [0.25, 0.3) is 5.69 Å². The van der Waals surface area contributed by atoms with Crippen LogP contribution in [0.15, 0.2) is 53.8 Å². The summed E-state index contributed by atoms with van der Waals surface area (Å²) in [5.74, 6) is -0.193. The summed E-state index contributed by atoms with van der Waals surface area (Å²) in [6.07, 6.45) is 1.45. The Morgan fingerprint density at radius 3 is 2.84 bits per heavy atom. The van der Waals surface area contributed by atoms with Crippen LogP contribution in [0.25, 0.3) is 10.9 Å². The minimum Gasteiger partial charge on any atom is -0.325 e.